The first-order chi connectivity index (χ1) is 8.99. The second-order valence-corrected chi connectivity index (χ2v) is 5.45. The van der Waals surface area contributed by atoms with Crippen LogP contribution in [0.1, 0.15) is 18.4 Å². The first kappa shape index (κ1) is 15.7. The van der Waals surface area contributed by atoms with E-state index in [4.69, 9.17) is 5.11 Å². The number of thiol groups is 2. The fraction of sp³-hybridized carbons (Fsp3) is 0.333. The number of rotatable bonds is 5. The van der Waals surface area contributed by atoms with Crippen LogP contribution in [0.25, 0.3) is 0 Å². The van der Waals surface area contributed by atoms with Crippen molar-refractivity contribution in [1.29, 1.82) is 0 Å². The van der Waals surface area contributed by atoms with Crippen LogP contribution in [0.4, 0.5) is 4.79 Å². The second-order valence-electron chi connectivity index (χ2n) is 3.79. The molecule has 0 unspecified atom stereocenters. The Kier molecular flexibility index (Phi) is 6.58. The van der Waals surface area contributed by atoms with Crippen LogP contribution >= 0.6 is 25.3 Å². The van der Waals surface area contributed by atoms with Gasteiger partial charge in [0.05, 0.1) is 6.54 Å². The van der Waals surface area contributed by atoms with Gasteiger partial charge in [0.2, 0.25) is 0 Å². The van der Waals surface area contributed by atoms with Gasteiger partial charge in [-0.25, -0.2) is 4.79 Å². The summed E-state index contributed by atoms with van der Waals surface area (Å²) in [6.45, 7) is 0.0791. The number of hydrogen-bond acceptors (Lipinski definition) is 5. The smallest absolute Gasteiger partial charge is 0.448 e. The van der Waals surface area contributed by atoms with Crippen LogP contribution in [0.3, 0.4) is 0 Å². The van der Waals surface area contributed by atoms with E-state index in [1.54, 1.807) is 24.3 Å². The summed E-state index contributed by atoms with van der Waals surface area (Å²) < 4.78 is -0.229. The summed E-state index contributed by atoms with van der Waals surface area (Å²) >= 11 is 8.09. The summed E-state index contributed by atoms with van der Waals surface area (Å²) in [6, 6.07) is 9.00. The van der Waals surface area contributed by atoms with Crippen LogP contribution in [0, 0.1) is 0 Å². The molecule has 0 bridgehead atoms. The molecule has 0 saturated heterocycles. The second kappa shape index (κ2) is 7.96. The van der Waals surface area contributed by atoms with Gasteiger partial charge in [-0.2, -0.15) is 30.3 Å². The van der Waals surface area contributed by atoms with Gasteiger partial charge >= 0.3 is 6.16 Å². The van der Waals surface area contributed by atoms with Gasteiger partial charge in [0, 0.05) is 11.0 Å². The lowest BCUT2D eigenvalue weighted by Gasteiger charge is -2.19. The maximum absolute atomic E-state index is 11.9. The first-order valence-electron chi connectivity index (χ1n) is 5.60. The number of carbonyl (C=O) groups is 2. The predicted octanol–water partition coefficient (Wildman–Crippen LogP) is 2.59. The molecule has 0 heterocycles. The van der Waals surface area contributed by atoms with Gasteiger partial charge in [0.15, 0.2) is 0 Å². The maximum atomic E-state index is 11.9. The van der Waals surface area contributed by atoms with Crippen LogP contribution < -0.4 is 0 Å². The van der Waals surface area contributed by atoms with Crippen LogP contribution in [-0.4, -0.2) is 26.8 Å². The molecule has 7 heteroatoms. The van der Waals surface area contributed by atoms with E-state index in [2.05, 4.69) is 30.1 Å². The predicted molar refractivity (Wildman–Crippen MR) is 77.1 cm³/mol. The topological polar surface area (TPSA) is 66.8 Å². The highest BCUT2D eigenvalue weighted by molar-refractivity contribution is 7.99. The Morgan fingerprint density at radius 1 is 1.26 bits per heavy atom. The Labute approximate surface area is 122 Å². The molecule has 5 nitrogen and oxygen atoms in total. The zero-order valence-electron chi connectivity index (χ0n) is 10.1. The third kappa shape index (κ3) is 6.40. The number of hydroxylamine groups is 2. The van der Waals surface area contributed by atoms with Crippen LogP contribution in [0.5, 0.6) is 0 Å². The number of amides is 1. The van der Waals surface area contributed by atoms with Crippen LogP contribution in [0.2, 0.25) is 0 Å². The molecule has 0 aliphatic heterocycles. The van der Waals surface area contributed by atoms with Gasteiger partial charge in [-0.15, -0.1) is 0 Å². The van der Waals surface area contributed by atoms with Crippen molar-refractivity contribution in [2.24, 2.45) is 0 Å². The zero-order valence-corrected chi connectivity index (χ0v) is 11.9. The lowest BCUT2D eigenvalue weighted by Crippen LogP contribution is -2.32. The van der Waals surface area contributed by atoms with Gasteiger partial charge in [-0.05, 0) is 12.0 Å². The van der Waals surface area contributed by atoms with E-state index in [0.29, 0.717) is 6.42 Å². The number of carbonyl (C=O) groups excluding carboxylic acids is 1. The highest BCUT2D eigenvalue weighted by Crippen LogP contribution is 2.12. The first-order valence-corrected chi connectivity index (χ1v) is 6.63. The highest BCUT2D eigenvalue weighted by atomic mass is 32.2. The molecule has 0 aliphatic rings. The highest BCUT2D eigenvalue weighted by Gasteiger charge is 2.19. The maximum Gasteiger partial charge on any atom is 0.531 e. The number of benzene rings is 1. The third-order valence-corrected chi connectivity index (χ3v) is 2.77. The molecule has 0 aliphatic carbocycles. The molecule has 0 saturated carbocycles. The number of carboxylic acid groups (broad SMARTS) is 1. The molecular weight excluding hydrogens is 286 g/mol. The van der Waals surface area contributed by atoms with Crippen molar-refractivity contribution >= 4 is 37.3 Å². The van der Waals surface area contributed by atoms with E-state index >= 15 is 0 Å². The molecule has 0 atom stereocenters. The fourth-order valence-electron chi connectivity index (χ4n) is 1.39. The van der Waals surface area contributed by atoms with Crippen molar-refractivity contribution in [2.75, 3.05) is 0 Å². The van der Waals surface area contributed by atoms with Crippen molar-refractivity contribution in [3.05, 3.63) is 35.9 Å². The zero-order chi connectivity index (χ0) is 14.3. The van der Waals surface area contributed by atoms with Crippen molar-refractivity contribution in [3.63, 3.8) is 0 Å². The minimum absolute atomic E-state index is 0.0791. The SMILES string of the molecule is O=C(O)ON(Cc1ccccc1)C(=O)CCC(S)S. The molecule has 0 radical (unpaired) electrons. The van der Waals surface area contributed by atoms with Crippen LogP contribution in [0.15, 0.2) is 30.3 Å². The van der Waals surface area contributed by atoms with Gasteiger partial charge < -0.3 is 9.94 Å². The quantitative estimate of drug-likeness (QED) is 0.444. The average Bonchev–Trinajstić information content (AvgIpc) is 2.36. The van der Waals surface area contributed by atoms with Gasteiger partial charge in [0.1, 0.15) is 0 Å². The van der Waals surface area contributed by atoms with E-state index in [9.17, 15) is 9.59 Å². The molecule has 19 heavy (non-hydrogen) atoms. The molecule has 104 valence electrons. The molecule has 1 N–H and O–H groups in total. The summed E-state index contributed by atoms with van der Waals surface area (Å²) in [7, 11) is 0. The Bertz CT molecular complexity index is 425. The van der Waals surface area contributed by atoms with Gasteiger partial charge in [-0.3, -0.25) is 4.79 Å². The van der Waals surface area contributed by atoms with E-state index in [0.717, 1.165) is 10.6 Å². The molecular formula is C12H15NO4S2. The van der Waals surface area contributed by atoms with E-state index in [-0.39, 0.29) is 17.5 Å². The largest absolute Gasteiger partial charge is 0.531 e. The standard InChI is InChI=1S/C12H15NO4S2/c14-10(6-7-11(18)19)13(17-12(15)16)8-9-4-2-1-3-5-9/h1-5,11,18-19H,6-8H2,(H,15,16). The van der Waals surface area contributed by atoms with E-state index < -0.39 is 12.1 Å². The molecule has 1 aromatic rings. The number of hydrogen-bond donors (Lipinski definition) is 3. The molecule has 0 spiro atoms. The summed E-state index contributed by atoms with van der Waals surface area (Å²) in [5, 5.41) is 9.48. The fourth-order valence-corrected chi connectivity index (χ4v) is 1.65. The lowest BCUT2D eigenvalue weighted by atomic mass is 10.2. The van der Waals surface area contributed by atoms with Crippen molar-refractivity contribution < 1.29 is 19.5 Å². The Balaban J connectivity index is 2.66. The van der Waals surface area contributed by atoms with Crippen LogP contribution in [-0.2, 0) is 16.2 Å². The van der Waals surface area contributed by atoms with Crippen molar-refractivity contribution in [3.8, 4) is 0 Å². The Morgan fingerprint density at radius 3 is 2.42 bits per heavy atom. The minimum atomic E-state index is -1.52. The molecule has 1 rings (SSSR count). The lowest BCUT2D eigenvalue weighted by molar-refractivity contribution is -0.173. The molecule has 1 amide bonds. The Morgan fingerprint density at radius 2 is 1.89 bits per heavy atom. The average molecular weight is 301 g/mol. The Hall–Kier alpha value is -1.34. The van der Waals surface area contributed by atoms with Gasteiger partial charge in [0.25, 0.3) is 5.91 Å². The summed E-state index contributed by atoms with van der Waals surface area (Å²) in [5.41, 5.74) is 0.783. The summed E-state index contributed by atoms with van der Waals surface area (Å²) in [6.07, 6.45) is -0.963. The van der Waals surface area contributed by atoms with E-state index in [1.165, 1.54) is 0 Å². The van der Waals surface area contributed by atoms with Crippen molar-refractivity contribution in [2.45, 2.75) is 24.0 Å². The minimum Gasteiger partial charge on any atom is -0.448 e. The molecule has 0 aromatic heterocycles. The van der Waals surface area contributed by atoms with E-state index in [1.807, 2.05) is 6.07 Å². The van der Waals surface area contributed by atoms with Crippen molar-refractivity contribution in [1.82, 2.24) is 5.06 Å². The number of nitrogens with zero attached hydrogens (tertiary/aromatic N) is 1. The summed E-state index contributed by atoms with van der Waals surface area (Å²) in [5.74, 6) is -0.417. The molecule has 0 fully saturated rings. The normalized spacial score (nSPS) is 10.3. The third-order valence-electron chi connectivity index (χ3n) is 2.25. The monoisotopic (exact) mass is 301 g/mol. The van der Waals surface area contributed by atoms with Gasteiger partial charge in [-0.1, -0.05) is 30.3 Å². The molecule has 1 aromatic carbocycles. The summed E-state index contributed by atoms with van der Waals surface area (Å²) in [4.78, 5) is 27.0.